The van der Waals surface area contributed by atoms with Crippen molar-refractivity contribution in [3.8, 4) is 0 Å². The van der Waals surface area contributed by atoms with Crippen molar-refractivity contribution < 1.29 is 4.79 Å². The van der Waals surface area contributed by atoms with Crippen LogP contribution in [0.25, 0.3) is 0 Å². The molecule has 0 aliphatic carbocycles. The Kier molecular flexibility index (Phi) is 9.66. The van der Waals surface area contributed by atoms with Crippen molar-refractivity contribution in [2.75, 3.05) is 13.1 Å². The van der Waals surface area contributed by atoms with E-state index in [1.54, 1.807) is 0 Å². The van der Waals surface area contributed by atoms with E-state index in [4.69, 9.17) is 5.73 Å². The van der Waals surface area contributed by atoms with E-state index in [9.17, 15) is 4.79 Å². The van der Waals surface area contributed by atoms with Gasteiger partial charge in [-0.1, -0.05) is 0 Å². The molecule has 1 amide bonds. The highest BCUT2D eigenvalue weighted by Gasteiger charge is 2.22. The van der Waals surface area contributed by atoms with Crippen LogP contribution in [0.1, 0.15) is 32.6 Å². The number of amides is 1. The lowest BCUT2D eigenvalue weighted by Crippen LogP contribution is -2.39. The molecule has 2 rings (SSSR count). The van der Waals surface area contributed by atoms with Crippen molar-refractivity contribution in [1.29, 1.82) is 0 Å². The third-order valence-electron chi connectivity index (χ3n) is 3.79. The molecule has 1 atom stereocenters. The summed E-state index contributed by atoms with van der Waals surface area (Å²) in [6, 6.07) is 2.06. The molecule has 1 unspecified atom stereocenters. The van der Waals surface area contributed by atoms with Gasteiger partial charge in [-0.15, -0.1) is 24.8 Å². The number of nitrogens with zero attached hydrogens (tertiary/aromatic N) is 3. The molecular formula is C14H26Cl2N4O. The summed E-state index contributed by atoms with van der Waals surface area (Å²) >= 11 is 0. The zero-order valence-corrected chi connectivity index (χ0v) is 14.1. The minimum Gasteiger partial charge on any atom is -0.343 e. The minimum absolute atomic E-state index is 0. The second kappa shape index (κ2) is 10.0. The molecule has 21 heavy (non-hydrogen) atoms. The molecule has 1 aliphatic rings. The molecule has 0 saturated carbocycles. The third-order valence-corrected chi connectivity index (χ3v) is 3.79. The van der Waals surface area contributed by atoms with Crippen molar-refractivity contribution in [2.24, 2.45) is 11.7 Å². The second-order valence-electron chi connectivity index (χ2n) is 5.57. The van der Waals surface area contributed by atoms with Crippen LogP contribution in [0.2, 0.25) is 0 Å². The average molecular weight is 337 g/mol. The molecule has 2 N–H and O–H groups in total. The molecule has 122 valence electrons. The van der Waals surface area contributed by atoms with Crippen LogP contribution in [0.15, 0.2) is 18.5 Å². The summed E-state index contributed by atoms with van der Waals surface area (Å²) in [4.78, 5) is 14.0. The van der Waals surface area contributed by atoms with Gasteiger partial charge in [0.1, 0.15) is 0 Å². The van der Waals surface area contributed by atoms with Gasteiger partial charge < -0.3 is 10.6 Å². The Morgan fingerprint density at radius 1 is 1.38 bits per heavy atom. The number of nitrogens with two attached hydrogens (primary N) is 1. The van der Waals surface area contributed by atoms with E-state index < -0.39 is 0 Å². The highest BCUT2D eigenvalue weighted by atomic mass is 35.5. The maximum atomic E-state index is 12.0. The Labute approximate surface area is 139 Å². The Morgan fingerprint density at radius 3 is 2.57 bits per heavy atom. The summed E-state index contributed by atoms with van der Waals surface area (Å²) in [5.74, 6) is 0.896. The Balaban J connectivity index is 0.00000200. The zero-order chi connectivity index (χ0) is 13.7. The van der Waals surface area contributed by atoms with E-state index in [0.29, 0.717) is 12.3 Å². The smallest absolute Gasteiger partial charge is 0.222 e. The van der Waals surface area contributed by atoms with Gasteiger partial charge in [-0.2, -0.15) is 5.10 Å². The van der Waals surface area contributed by atoms with Gasteiger partial charge in [-0.3, -0.25) is 9.48 Å². The monoisotopic (exact) mass is 336 g/mol. The molecule has 1 aromatic heterocycles. The number of carbonyl (C=O) groups is 1. The van der Waals surface area contributed by atoms with Crippen LogP contribution in [-0.2, 0) is 11.3 Å². The van der Waals surface area contributed by atoms with Crippen molar-refractivity contribution in [3.05, 3.63) is 18.5 Å². The van der Waals surface area contributed by atoms with Gasteiger partial charge in [0.25, 0.3) is 0 Å². The fourth-order valence-corrected chi connectivity index (χ4v) is 2.55. The number of halogens is 2. The van der Waals surface area contributed by atoms with E-state index in [1.807, 2.05) is 35.0 Å². The summed E-state index contributed by atoms with van der Waals surface area (Å²) in [7, 11) is 0. The van der Waals surface area contributed by atoms with E-state index in [1.165, 1.54) is 0 Å². The Morgan fingerprint density at radius 2 is 2.05 bits per heavy atom. The van der Waals surface area contributed by atoms with E-state index in [0.717, 1.165) is 38.9 Å². The number of hydrogen-bond donors (Lipinski definition) is 1. The predicted molar refractivity (Wildman–Crippen MR) is 88.9 cm³/mol. The molecule has 1 saturated heterocycles. The Bertz CT molecular complexity index is 390. The summed E-state index contributed by atoms with van der Waals surface area (Å²) in [5.41, 5.74) is 5.69. The van der Waals surface area contributed by atoms with Crippen molar-refractivity contribution in [2.45, 2.75) is 45.2 Å². The Hall–Kier alpha value is -0.780. The molecular weight excluding hydrogens is 311 g/mol. The van der Waals surface area contributed by atoms with Crippen LogP contribution in [0, 0.1) is 5.92 Å². The fraction of sp³-hybridized carbons (Fsp3) is 0.714. The minimum atomic E-state index is 0. The molecule has 7 heteroatoms. The van der Waals surface area contributed by atoms with Crippen LogP contribution in [-0.4, -0.2) is 39.7 Å². The number of likely N-dealkylation sites (tertiary alicyclic amines) is 1. The molecule has 5 nitrogen and oxygen atoms in total. The predicted octanol–water partition coefficient (Wildman–Crippen LogP) is 2.09. The quantitative estimate of drug-likeness (QED) is 0.895. The normalized spacial score (nSPS) is 16.8. The first-order valence-electron chi connectivity index (χ1n) is 7.16. The molecule has 1 fully saturated rings. The summed E-state index contributed by atoms with van der Waals surface area (Å²) in [5, 5.41) is 4.24. The lowest BCUT2D eigenvalue weighted by Gasteiger charge is -2.32. The van der Waals surface area contributed by atoms with Gasteiger partial charge in [0.15, 0.2) is 0 Å². The molecule has 2 heterocycles. The van der Waals surface area contributed by atoms with Crippen LogP contribution in [0.5, 0.6) is 0 Å². The second-order valence-corrected chi connectivity index (χ2v) is 5.57. The molecule has 1 aromatic rings. The molecule has 0 bridgehead atoms. The SMILES string of the molecule is CC(N)CCC(=O)N1CCC(Cn2cccn2)CC1.Cl.Cl. The van der Waals surface area contributed by atoms with Gasteiger partial charge >= 0.3 is 0 Å². The maximum Gasteiger partial charge on any atom is 0.222 e. The molecule has 1 aliphatic heterocycles. The zero-order valence-electron chi connectivity index (χ0n) is 12.5. The van der Waals surface area contributed by atoms with E-state index in [2.05, 4.69) is 5.10 Å². The lowest BCUT2D eigenvalue weighted by atomic mass is 9.96. The van der Waals surface area contributed by atoms with Gasteiger partial charge in [0.05, 0.1) is 0 Å². The van der Waals surface area contributed by atoms with E-state index in [-0.39, 0.29) is 36.8 Å². The van der Waals surface area contributed by atoms with Gasteiger partial charge in [0.2, 0.25) is 5.91 Å². The summed E-state index contributed by atoms with van der Waals surface area (Å²) in [6.07, 6.45) is 7.33. The number of hydrogen-bond acceptors (Lipinski definition) is 3. The number of aromatic nitrogens is 2. The number of rotatable bonds is 5. The first kappa shape index (κ1) is 20.2. The molecule has 0 aromatic carbocycles. The highest BCUT2D eigenvalue weighted by Crippen LogP contribution is 2.19. The largest absolute Gasteiger partial charge is 0.343 e. The first-order valence-corrected chi connectivity index (χ1v) is 7.16. The van der Waals surface area contributed by atoms with Crippen LogP contribution < -0.4 is 5.73 Å². The average Bonchev–Trinajstić information content (AvgIpc) is 2.89. The summed E-state index contributed by atoms with van der Waals surface area (Å²) in [6.45, 7) is 4.67. The third kappa shape index (κ3) is 6.68. The van der Waals surface area contributed by atoms with Crippen LogP contribution in [0.4, 0.5) is 0 Å². The van der Waals surface area contributed by atoms with Crippen molar-refractivity contribution in [3.63, 3.8) is 0 Å². The number of carbonyl (C=O) groups excluding carboxylic acids is 1. The summed E-state index contributed by atoms with van der Waals surface area (Å²) < 4.78 is 1.98. The van der Waals surface area contributed by atoms with Crippen LogP contribution in [0.3, 0.4) is 0 Å². The standard InChI is InChI=1S/C14H24N4O.2ClH/c1-12(15)3-4-14(19)17-9-5-13(6-10-17)11-18-8-2-7-16-18;;/h2,7-8,12-13H,3-6,9-11,15H2,1H3;2*1H. The van der Waals surface area contributed by atoms with Gasteiger partial charge in [-0.25, -0.2) is 0 Å². The number of piperidine rings is 1. The van der Waals surface area contributed by atoms with Crippen molar-refractivity contribution >= 4 is 30.7 Å². The molecule has 0 spiro atoms. The molecule has 0 radical (unpaired) electrons. The first-order chi connectivity index (χ1) is 9.15. The van der Waals surface area contributed by atoms with Gasteiger partial charge in [0, 0.05) is 44.5 Å². The lowest BCUT2D eigenvalue weighted by molar-refractivity contribution is -0.132. The fourth-order valence-electron chi connectivity index (χ4n) is 2.55. The topological polar surface area (TPSA) is 64.2 Å². The maximum absolute atomic E-state index is 12.0. The van der Waals surface area contributed by atoms with Gasteiger partial charge in [-0.05, 0) is 38.2 Å². The van der Waals surface area contributed by atoms with Crippen molar-refractivity contribution in [1.82, 2.24) is 14.7 Å². The van der Waals surface area contributed by atoms with E-state index >= 15 is 0 Å². The van der Waals surface area contributed by atoms with Crippen LogP contribution >= 0.6 is 24.8 Å². The highest BCUT2D eigenvalue weighted by molar-refractivity contribution is 5.85.